The topological polar surface area (TPSA) is 59.3 Å². The Bertz CT molecular complexity index is 985. The Hall–Kier alpha value is -2.27. The van der Waals surface area contributed by atoms with E-state index in [0.717, 1.165) is 41.6 Å². The molecule has 0 aliphatic heterocycles. The van der Waals surface area contributed by atoms with Gasteiger partial charge >= 0.3 is 0 Å². The number of aryl methyl sites for hydroxylation is 3. The summed E-state index contributed by atoms with van der Waals surface area (Å²) in [6.45, 7) is 1.93. The molecule has 4 rings (SSSR count). The van der Waals surface area contributed by atoms with Gasteiger partial charge in [0.25, 0.3) is 10.0 Å². The molecule has 1 aromatic heterocycles. The van der Waals surface area contributed by atoms with E-state index >= 15 is 0 Å². The quantitative estimate of drug-likeness (QED) is 0.790. The van der Waals surface area contributed by atoms with Crippen molar-refractivity contribution in [2.24, 2.45) is 0 Å². The van der Waals surface area contributed by atoms with Crippen LogP contribution >= 0.6 is 0 Å². The van der Waals surface area contributed by atoms with Gasteiger partial charge in [-0.15, -0.1) is 0 Å². The molecular weight excluding hydrogens is 310 g/mol. The number of hydrogen-bond acceptors (Lipinski definition) is 3. The number of fused-ring (bicyclic) bond motifs is 3. The molecule has 5 heteroatoms. The molecule has 0 atom stereocenters. The summed E-state index contributed by atoms with van der Waals surface area (Å²) < 4.78 is 33.4. The Balaban J connectivity index is 1.70. The van der Waals surface area contributed by atoms with Crippen molar-refractivity contribution in [3.05, 3.63) is 59.4 Å². The molecule has 0 bridgehead atoms. The zero-order chi connectivity index (χ0) is 16.0. The number of rotatable bonds is 3. The highest BCUT2D eigenvalue weighted by atomic mass is 32.2. The lowest BCUT2D eigenvalue weighted by Crippen LogP contribution is -2.12. The second kappa shape index (κ2) is 5.13. The number of anilines is 1. The largest absolute Gasteiger partial charge is 0.461 e. The lowest BCUT2D eigenvalue weighted by Gasteiger charge is -2.08. The van der Waals surface area contributed by atoms with Crippen LogP contribution in [0.15, 0.2) is 51.8 Å². The third-order valence-corrected chi connectivity index (χ3v) is 5.69. The minimum absolute atomic E-state index is 0.264. The normalized spacial score (nSPS) is 14.1. The van der Waals surface area contributed by atoms with Crippen molar-refractivity contribution < 1.29 is 12.8 Å². The second-order valence-electron chi connectivity index (χ2n) is 5.99. The van der Waals surface area contributed by atoms with E-state index in [-0.39, 0.29) is 4.90 Å². The van der Waals surface area contributed by atoms with E-state index in [2.05, 4.69) is 4.72 Å². The van der Waals surface area contributed by atoms with E-state index in [1.54, 1.807) is 30.3 Å². The predicted molar refractivity (Wildman–Crippen MR) is 90.2 cm³/mol. The molecule has 0 saturated heterocycles. The Morgan fingerprint density at radius 3 is 2.61 bits per heavy atom. The van der Waals surface area contributed by atoms with Gasteiger partial charge in [0, 0.05) is 23.1 Å². The van der Waals surface area contributed by atoms with Gasteiger partial charge in [-0.3, -0.25) is 4.72 Å². The van der Waals surface area contributed by atoms with Crippen LogP contribution in [0.3, 0.4) is 0 Å². The molecule has 0 spiro atoms. The molecule has 2 aromatic carbocycles. The summed E-state index contributed by atoms with van der Waals surface area (Å²) >= 11 is 0. The van der Waals surface area contributed by atoms with E-state index in [9.17, 15) is 8.42 Å². The van der Waals surface area contributed by atoms with Crippen molar-refractivity contribution in [3.63, 3.8) is 0 Å². The fourth-order valence-electron chi connectivity index (χ4n) is 3.10. The highest BCUT2D eigenvalue weighted by Crippen LogP contribution is 2.34. The van der Waals surface area contributed by atoms with E-state index in [0.29, 0.717) is 5.69 Å². The summed E-state index contributed by atoms with van der Waals surface area (Å²) in [5.41, 5.74) is 3.64. The number of nitrogens with one attached hydrogen (secondary N) is 1. The Labute approximate surface area is 135 Å². The van der Waals surface area contributed by atoms with Crippen LogP contribution in [-0.2, 0) is 22.9 Å². The van der Waals surface area contributed by atoms with Crippen molar-refractivity contribution in [1.29, 1.82) is 0 Å². The standard InChI is InChI=1S/C18H17NO3S/c1-12-5-8-14(9-6-12)23(20,21)19-13-7-10-18-16(11-13)15-3-2-4-17(15)22-18/h5-11,19H,2-4H2,1H3. The second-order valence-corrected chi connectivity index (χ2v) is 7.67. The third kappa shape index (κ3) is 2.51. The summed E-state index contributed by atoms with van der Waals surface area (Å²) in [6, 6.07) is 12.3. The van der Waals surface area contributed by atoms with Crippen molar-refractivity contribution >= 4 is 26.7 Å². The molecule has 0 saturated carbocycles. The SMILES string of the molecule is Cc1ccc(S(=O)(=O)Nc2ccc3oc4c(c3c2)CCC4)cc1. The number of furan rings is 1. The minimum atomic E-state index is -3.58. The first-order valence-corrected chi connectivity index (χ1v) is 9.15. The van der Waals surface area contributed by atoms with Gasteiger partial charge < -0.3 is 4.42 Å². The summed E-state index contributed by atoms with van der Waals surface area (Å²) in [6.07, 6.45) is 3.06. The van der Waals surface area contributed by atoms with Crippen LogP contribution in [0, 0.1) is 6.92 Å². The van der Waals surface area contributed by atoms with Crippen LogP contribution < -0.4 is 4.72 Å². The van der Waals surface area contributed by atoms with Gasteiger partial charge in [0.05, 0.1) is 4.90 Å². The van der Waals surface area contributed by atoms with Crippen LogP contribution in [0.1, 0.15) is 23.3 Å². The first kappa shape index (κ1) is 14.3. The Morgan fingerprint density at radius 2 is 1.83 bits per heavy atom. The van der Waals surface area contributed by atoms with Gasteiger partial charge in [0.1, 0.15) is 11.3 Å². The number of benzene rings is 2. The van der Waals surface area contributed by atoms with Gasteiger partial charge in [-0.2, -0.15) is 0 Å². The number of hydrogen-bond donors (Lipinski definition) is 1. The fraction of sp³-hybridized carbons (Fsp3) is 0.222. The van der Waals surface area contributed by atoms with Crippen molar-refractivity contribution in [2.45, 2.75) is 31.1 Å². The van der Waals surface area contributed by atoms with Gasteiger partial charge in [-0.25, -0.2) is 8.42 Å². The van der Waals surface area contributed by atoms with Gasteiger partial charge in [0.2, 0.25) is 0 Å². The van der Waals surface area contributed by atoms with Gasteiger partial charge in [0.15, 0.2) is 0 Å². The molecule has 1 heterocycles. The first-order chi connectivity index (χ1) is 11.0. The Morgan fingerprint density at radius 1 is 1.04 bits per heavy atom. The van der Waals surface area contributed by atoms with E-state index in [1.165, 1.54) is 5.56 Å². The van der Waals surface area contributed by atoms with Crippen LogP contribution in [0.5, 0.6) is 0 Å². The molecule has 23 heavy (non-hydrogen) atoms. The van der Waals surface area contributed by atoms with Crippen molar-refractivity contribution in [1.82, 2.24) is 0 Å². The molecule has 0 unspecified atom stereocenters. The first-order valence-electron chi connectivity index (χ1n) is 7.67. The average molecular weight is 327 g/mol. The van der Waals surface area contributed by atoms with Crippen LogP contribution in [-0.4, -0.2) is 8.42 Å². The van der Waals surface area contributed by atoms with E-state index in [1.807, 2.05) is 19.1 Å². The van der Waals surface area contributed by atoms with Crippen LogP contribution in [0.25, 0.3) is 11.0 Å². The highest BCUT2D eigenvalue weighted by molar-refractivity contribution is 7.92. The molecule has 0 fully saturated rings. The Kier molecular flexibility index (Phi) is 3.20. The minimum Gasteiger partial charge on any atom is -0.461 e. The molecule has 1 aliphatic rings. The zero-order valence-corrected chi connectivity index (χ0v) is 13.6. The highest BCUT2D eigenvalue weighted by Gasteiger charge is 2.20. The lowest BCUT2D eigenvalue weighted by atomic mass is 10.1. The molecule has 118 valence electrons. The summed E-state index contributed by atoms with van der Waals surface area (Å²) in [5.74, 6) is 1.04. The zero-order valence-electron chi connectivity index (χ0n) is 12.8. The maximum atomic E-state index is 12.5. The monoisotopic (exact) mass is 327 g/mol. The molecular formula is C18H17NO3S. The van der Waals surface area contributed by atoms with Crippen molar-refractivity contribution in [3.8, 4) is 0 Å². The maximum absolute atomic E-state index is 12.5. The van der Waals surface area contributed by atoms with Gasteiger partial charge in [-0.05, 0) is 50.1 Å². The van der Waals surface area contributed by atoms with E-state index < -0.39 is 10.0 Å². The predicted octanol–water partition coefficient (Wildman–Crippen LogP) is 4.03. The molecule has 1 N–H and O–H groups in total. The summed E-state index contributed by atoms with van der Waals surface area (Å²) in [7, 11) is -3.58. The van der Waals surface area contributed by atoms with E-state index in [4.69, 9.17) is 4.42 Å². The van der Waals surface area contributed by atoms with Crippen molar-refractivity contribution in [2.75, 3.05) is 4.72 Å². The maximum Gasteiger partial charge on any atom is 0.261 e. The van der Waals surface area contributed by atoms with Crippen LogP contribution in [0.4, 0.5) is 5.69 Å². The van der Waals surface area contributed by atoms with Crippen LogP contribution in [0.2, 0.25) is 0 Å². The molecule has 0 amide bonds. The molecule has 4 nitrogen and oxygen atoms in total. The smallest absolute Gasteiger partial charge is 0.261 e. The summed E-state index contributed by atoms with van der Waals surface area (Å²) in [5, 5.41) is 1.02. The summed E-state index contributed by atoms with van der Waals surface area (Å²) in [4.78, 5) is 0.264. The molecule has 3 aromatic rings. The number of sulfonamides is 1. The fourth-order valence-corrected chi connectivity index (χ4v) is 4.15. The molecule has 0 radical (unpaired) electrons. The molecule has 1 aliphatic carbocycles. The average Bonchev–Trinajstić information content (AvgIpc) is 3.08. The lowest BCUT2D eigenvalue weighted by molar-refractivity contribution is 0.557. The van der Waals surface area contributed by atoms with Gasteiger partial charge in [-0.1, -0.05) is 17.7 Å². The third-order valence-electron chi connectivity index (χ3n) is 4.29.